The zero-order valence-corrected chi connectivity index (χ0v) is 17.5. The summed E-state index contributed by atoms with van der Waals surface area (Å²) in [4.78, 5) is 53.6. The normalized spacial score (nSPS) is 12.2. The number of nitrogens with zero attached hydrogens (tertiary/aromatic N) is 2. The number of imidazole rings is 1. The highest BCUT2D eigenvalue weighted by Gasteiger charge is 2.31. The topological polar surface area (TPSA) is 114 Å². The van der Waals surface area contributed by atoms with E-state index in [1.807, 2.05) is 0 Å². The van der Waals surface area contributed by atoms with Crippen LogP contribution >= 0.6 is 0 Å². The van der Waals surface area contributed by atoms with Crippen LogP contribution in [0.3, 0.4) is 0 Å². The average molecular weight is 426 g/mol. The molecule has 0 saturated heterocycles. The maximum Gasteiger partial charge on any atom is 0.374 e. The molecule has 2 aromatic rings. The predicted octanol–water partition coefficient (Wildman–Crippen LogP) is 2.54. The van der Waals surface area contributed by atoms with Gasteiger partial charge in [-0.1, -0.05) is 18.2 Å². The second-order valence-corrected chi connectivity index (χ2v) is 6.48. The van der Waals surface area contributed by atoms with E-state index in [0.29, 0.717) is 16.7 Å². The predicted molar refractivity (Wildman–Crippen MR) is 109 cm³/mol. The summed E-state index contributed by atoms with van der Waals surface area (Å²) in [6.45, 7) is 5.47. The molecular formula is C22H22N2O7. The number of Topliss-reactive ketones (excluding diaryl/α,β-unsaturated/α-hetero) is 1. The molecule has 0 spiro atoms. The first-order valence-electron chi connectivity index (χ1n) is 9.89. The van der Waals surface area contributed by atoms with E-state index in [1.54, 1.807) is 45.0 Å². The van der Waals surface area contributed by atoms with E-state index in [0.717, 1.165) is 0 Å². The summed E-state index contributed by atoms with van der Waals surface area (Å²) in [5.74, 6) is -2.51. The number of hydrogen-bond donors (Lipinski definition) is 0. The van der Waals surface area contributed by atoms with E-state index < -0.39 is 17.9 Å². The summed E-state index contributed by atoms with van der Waals surface area (Å²) in [7, 11) is 0. The summed E-state index contributed by atoms with van der Waals surface area (Å²) in [6, 6.07) is 5.03. The fourth-order valence-corrected chi connectivity index (χ4v) is 3.23. The number of benzene rings is 1. The Hall–Kier alpha value is -3.75. The zero-order chi connectivity index (χ0) is 22.5. The molecule has 0 unspecified atom stereocenters. The third kappa shape index (κ3) is 4.40. The average Bonchev–Trinajstić information content (AvgIpc) is 3.31. The minimum absolute atomic E-state index is 0.00316. The maximum atomic E-state index is 13.1. The van der Waals surface area contributed by atoms with Crippen LogP contribution in [0.15, 0.2) is 24.4 Å². The van der Waals surface area contributed by atoms with Crippen LogP contribution in [0, 0.1) is 0 Å². The molecule has 0 fully saturated rings. The number of aromatic nitrogens is 2. The Labute approximate surface area is 178 Å². The van der Waals surface area contributed by atoms with Gasteiger partial charge in [0.2, 0.25) is 11.6 Å². The number of allylic oxidation sites excluding steroid dienone is 1. The van der Waals surface area contributed by atoms with Gasteiger partial charge in [-0.2, -0.15) is 0 Å². The molecular weight excluding hydrogens is 404 g/mol. The van der Waals surface area contributed by atoms with Gasteiger partial charge in [0, 0.05) is 11.8 Å². The van der Waals surface area contributed by atoms with Gasteiger partial charge in [-0.25, -0.2) is 14.6 Å². The molecule has 1 aliphatic rings. The van der Waals surface area contributed by atoms with Gasteiger partial charge in [0.1, 0.15) is 0 Å². The smallest absolute Gasteiger partial charge is 0.374 e. The Morgan fingerprint density at radius 1 is 0.968 bits per heavy atom. The molecule has 0 N–H and O–H groups in total. The standard InChI is InChI=1S/C22H22N2O7/c1-4-29-18(25)10-13-8-7-9-14-15(13)11-17(19(14)26)24-12-16(21(27)30-5-2)23-20(24)22(28)31-6-3/h7-9,11-12H,4-6,10H2,1-3H3. The van der Waals surface area contributed by atoms with Crippen LogP contribution in [-0.4, -0.2) is 53.1 Å². The third-order valence-electron chi connectivity index (χ3n) is 4.50. The minimum Gasteiger partial charge on any atom is -0.466 e. The molecule has 1 aliphatic carbocycles. The number of carbonyl (C=O) groups is 4. The molecule has 9 nitrogen and oxygen atoms in total. The lowest BCUT2D eigenvalue weighted by molar-refractivity contribution is -0.142. The maximum absolute atomic E-state index is 13.1. The monoisotopic (exact) mass is 426 g/mol. The Bertz CT molecular complexity index is 1080. The van der Waals surface area contributed by atoms with Crippen molar-refractivity contribution in [3.8, 4) is 0 Å². The van der Waals surface area contributed by atoms with Gasteiger partial charge < -0.3 is 14.2 Å². The number of rotatable bonds is 8. The highest BCUT2D eigenvalue weighted by atomic mass is 16.5. The molecule has 1 aromatic carbocycles. The van der Waals surface area contributed by atoms with Gasteiger partial charge in [0.15, 0.2) is 5.69 Å². The molecule has 0 amide bonds. The van der Waals surface area contributed by atoms with E-state index in [4.69, 9.17) is 14.2 Å². The van der Waals surface area contributed by atoms with Gasteiger partial charge in [0.05, 0.1) is 31.9 Å². The number of esters is 3. The molecule has 0 aliphatic heterocycles. The van der Waals surface area contributed by atoms with Crippen molar-refractivity contribution in [1.82, 2.24) is 9.55 Å². The highest BCUT2D eigenvalue weighted by Crippen LogP contribution is 2.32. The van der Waals surface area contributed by atoms with Gasteiger partial charge in [-0.05, 0) is 38.0 Å². The number of hydrogen-bond acceptors (Lipinski definition) is 8. The second kappa shape index (κ2) is 9.38. The van der Waals surface area contributed by atoms with Crippen molar-refractivity contribution in [3.63, 3.8) is 0 Å². The lowest BCUT2D eigenvalue weighted by Gasteiger charge is -2.07. The largest absolute Gasteiger partial charge is 0.466 e. The first kappa shape index (κ1) is 21.9. The fourth-order valence-electron chi connectivity index (χ4n) is 3.23. The zero-order valence-electron chi connectivity index (χ0n) is 17.5. The van der Waals surface area contributed by atoms with Crippen molar-refractivity contribution in [3.05, 3.63) is 52.6 Å². The quantitative estimate of drug-likeness (QED) is 0.467. The molecule has 1 aromatic heterocycles. The van der Waals surface area contributed by atoms with Gasteiger partial charge in [0.25, 0.3) is 0 Å². The van der Waals surface area contributed by atoms with Crippen LogP contribution < -0.4 is 0 Å². The highest BCUT2D eigenvalue weighted by molar-refractivity contribution is 6.34. The number of ketones is 1. The van der Waals surface area contributed by atoms with Gasteiger partial charge >= 0.3 is 17.9 Å². The number of fused-ring (bicyclic) bond motifs is 1. The fraction of sp³-hybridized carbons (Fsp3) is 0.318. The molecule has 0 bridgehead atoms. The molecule has 9 heteroatoms. The summed E-state index contributed by atoms with van der Waals surface area (Å²) in [6.07, 6.45) is 2.83. The molecule has 31 heavy (non-hydrogen) atoms. The Morgan fingerprint density at radius 2 is 1.65 bits per heavy atom. The van der Waals surface area contributed by atoms with Crippen LogP contribution in [0.25, 0.3) is 11.8 Å². The summed E-state index contributed by atoms with van der Waals surface area (Å²) in [5, 5.41) is 0. The lowest BCUT2D eigenvalue weighted by Crippen LogP contribution is -2.15. The van der Waals surface area contributed by atoms with Gasteiger partial charge in [-0.3, -0.25) is 14.2 Å². The van der Waals surface area contributed by atoms with E-state index in [2.05, 4.69) is 4.98 Å². The number of ether oxygens (including phenoxy) is 3. The first-order chi connectivity index (χ1) is 14.9. The van der Waals surface area contributed by atoms with Crippen molar-refractivity contribution in [2.24, 2.45) is 0 Å². The Balaban J connectivity index is 2.06. The molecule has 0 radical (unpaired) electrons. The van der Waals surface area contributed by atoms with E-state index in [-0.39, 0.29) is 49.2 Å². The SMILES string of the molecule is CCOC(=O)Cc1cccc2c1C=C(n1cc(C(=O)OCC)nc1C(=O)OCC)C2=O. The van der Waals surface area contributed by atoms with Crippen molar-refractivity contribution in [2.75, 3.05) is 19.8 Å². The second-order valence-electron chi connectivity index (χ2n) is 6.48. The summed E-state index contributed by atoms with van der Waals surface area (Å²) < 4.78 is 16.2. The van der Waals surface area contributed by atoms with E-state index in [9.17, 15) is 19.2 Å². The molecule has 162 valence electrons. The molecule has 3 rings (SSSR count). The Morgan fingerprint density at radius 3 is 2.32 bits per heavy atom. The van der Waals surface area contributed by atoms with Crippen LogP contribution in [0.2, 0.25) is 0 Å². The van der Waals surface area contributed by atoms with Crippen molar-refractivity contribution < 1.29 is 33.4 Å². The summed E-state index contributed by atoms with van der Waals surface area (Å²) >= 11 is 0. The minimum atomic E-state index is -0.783. The van der Waals surface area contributed by atoms with Crippen molar-refractivity contribution in [1.29, 1.82) is 0 Å². The molecule has 0 saturated carbocycles. The van der Waals surface area contributed by atoms with Crippen LogP contribution in [-0.2, 0) is 25.4 Å². The number of carbonyl (C=O) groups excluding carboxylic acids is 4. The Kier molecular flexibility index (Phi) is 6.64. The third-order valence-corrected chi connectivity index (χ3v) is 4.50. The molecule has 1 heterocycles. The van der Waals surface area contributed by atoms with Crippen LogP contribution in [0.4, 0.5) is 0 Å². The van der Waals surface area contributed by atoms with Crippen LogP contribution in [0.1, 0.15) is 63.4 Å². The van der Waals surface area contributed by atoms with Crippen molar-refractivity contribution in [2.45, 2.75) is 27.2 Å². The van der Waals surface area contributed by atoms with Crippen LogP contribution in [0.5, 0.6) is 0 Å². The first-order valence-corrected chi connectivity index (χ1v) is 9.89. The van der Waals surface area contributed by atoms with Crippen molar-refractivity contribution >= 4 is 35.5 Å². The van der Waals surface area contributed by atoms with E-state index >= 15 is 0 Å². The van der Waals surface area contributed by atoms with E-state index in [1.165, 1.54) is 10.8 Å². The lowest BCUT2D eigenvalue weighted by atomic mass is 10.0. The molecule has 0 atom stereocenters. The van der Waals surface area contributed by atoms with Gasteiger partial charge in [-0.15, -0.1) is 0 Å². The summed E-state index contributed by atoms with van der Waals surface area (Å²) in [5.41, 5.74) is 1.52.